The molecule has 11 heteroatoms. The number of carbonyl (C=O) groups excluding carboxylic acids is 2. The molecule has 0 fully saturated rings. The van der Waals surface area contributed by atoms with E-state index >= 15 is 0 Å². The van der Waals surface area contributed by atoms with Crippen LogP contribution in [0.4, 0.5) is 5.95 Å². The number of benzene rings is 2. The van der Waals surface area contributed by atoms with E-state index in [2.05, 4.69) is 25.8 Å². The first kappa shape index (κ1) is 21.4. The second kappa shape index (κ2) is 9.47. The summed E-state index contributed by atoms with van der Waals surface area (Å²) in [5.41, 5.74) is 0.845. The van der Waals surface area contributed by atoms with Crippen LogP contribution in [0.25, 0.3) is 11.4 Å². The van der Waals surface area contributed by atoms with Crippen molar-refractivity contribution in [3.63, 3.8) is 0 Å². The first-order valence-electron chi connectivity index (χ1n) is 8.59. The van der Waals surface area contributed by atoms with Gasteiger partial charge >= 0.3 is 0 Å². The summed E-state index contributed by atoms with van der Waals surface area (Å²) >= 11 is 11.8. The summed E-state index contributed by atoms with van der Waals surface area (Å²) in [4.78, 5) is 28.5. The van der Waals surface area contributed by atoms with Gasteiger partial charge < -0.3 is 14.8 Å². The molecule has 156 valence electrons. The summed E-state index contributed by atoms with van der Waals surface area (Å²) in [6.45, 7) is -0.298. The third-order valence-electron chi connectivity index (χ3n) is 3.99. The number of rotatable bonds is 7. The highest BCUT2D eigenvalue weighted by molar-refractivity contribution is 6.36. The van der Waals surface area contributed by atoms with Crippen LogP contribution >= 0.6 is 23.2 Å². The van der Waals surface area contributed by atoms with E-state index in [1.54, 1.807) is 25.3 Å². The van der Waals surface area contributed by atoms with Gasteiger partial charge in [0.05, 0.1) is 36.9 Å². The Labute approximate surface area is 181 Å². The number of hydrogen-bond acceptors (Lipinski definition) is 6. The van der Waals surface area contributed by atoms with Gasteiger partial charge in [-0.1, -0.05) is 23.2 Å². The lowest BCUT2D eigenvalue weighted by molar-refractivity contribution is -0.115. The standard InChI is InChI=1S/C19H17Cl2N5O4/c1-29-11-4-6-13(15(8-11)30-2)17-24-19(26-25-17)23-16(27)9-22-18(28)12-5-3-10(20)7-14(12)21/h3-8H,9H2,1-2H3,(H,22,28)(H2,23,24,25,26,27). The highest BCUT2D eigenvalue weighted by Gasteiger charge is 2.15. The van der Waals surface area contributed by atoms with Gasteiger partial charge in [0.1, 0.15) is 11.5 Å². The number of anilines is 1. The fraction of sp³-hybridized carbons (Fsp3) is 0.158. The normalized spacial score (nSPS) is 10.4. The maximum absolute atomic E-state index is 12.2. The average Bonchev–Trinajstić information content (AvgIpc) is 3.19. The van der Waals surface area contributed by atoms with Crippen molar-refractivity contribution >= 4 is 41.0 Å². The number of ether oxygens (including phenoxy) is 2. The number of aromatic nitrogens is 3. The average molecular weight is 450 g/mol. The molecule has 0 bridgehead atoms. The van der Waals surface area contributed by atoms with Crippen LogP contribution in [0.1, 0.15) is 10.4 Å². The van der Waals surface area contributed by atoms with Gasteiger partial charge in [-0.25, -0.2) is 0 Å². The van der Waals surface area contributed by atoms with E-state index in [1.807, 2.05) is 0 Å². The first-order valence-corrected chi connectivity index (χ1v) is 9.34. The number of hydrogen-bond donors (Lipinski definition) is 3. The van der Waals surface area contributed by atoms with Gasteiger partial charge in [-0.2, -0.15) is 4.98 Å². The Morgan fingerprint density at radius 3 is 2.60 bits per heavy atom. The van der Waals surface area contributed by atoms with Gasteiger partial charge in [0, 0.05) is 11.1 Å². The van der Waals surface area contributed by atoms with Gasteiger partial charge in [-0.15, -0.1) is 5.10 Å². The maximum Gasteiger partial charge on any atom is 0.253 e. The Bertz CT molecular complexity index is 1090. The number of aromatic amines is 1. The lowest BCUT2D eigenvalue weighted by Crippen LogP contribution is -2.33. The van der Waals surface area contributed by atoms with Crippen molar-refractivity contribution in [2.45, 2.75) is 0 Å². The van der Waals surface area contributed by atoms with Crippen molar-refractivity contribution in [1.82, 2.24) is 20.5 Å². The molecule has 3 N–H and O–H groups in total. The largest absolute Gasteiger partial charge is 0.497 e. The Morgan fingerprint density at radius 2 is 1.90 bits per heavy atom. The van der Waals surface area contributed by atoms with Crippen molar-refractivity contribution in [3.8, 4) is 22.9 Å². The zero-order chi connectivity index (χ0) is 21.7. The Kier molecular flexibility index (Phi) is 6.76. The smallest absolute Gasteiger partial charge is 0.253 e. The highest BCUT2D eigenvalue weighted by atomic mass is 35.5. The molecule has 9 nitrogen and oxygen atoms in total. The van der Waals surface area contributed by atoms with E-state index < -0.39 is 11.8 Å². The van der Waals surface area contributed by atoms with Crippen molar-refractivity contribution in [2.24, 2.45) is 0 Å². The molecule has 3 rings (SSSR count). The van der Waals surface area contributed by atoms with Crippen LogP contribution in [-0.4, -0.2) is 47.8 Å². The zero-order valence-corrected chi connectivity index (χ0v) is 17.5. The predicted octanol–water partition coefficient (Wildman–Crippen LogP) is 3.16. The molecule has 0 radical (unpaired) electrons. The van der Waals surface area contributed by atoms with Crippen LogP contribution in [0.5, 0.6) is 11.5 Å². The molecule has 3 aromatic rings. The van der Waals surface area contributed by atoms with E-state index in [4.69, 9.17) is 32.7 Å². The molecule has 0 unspecified atom stereocenters. The predicted molar refractivity (Wildman–Crippen MR) is 112 cm³/mol. The fourth-order valence-electron chi connectivity index (χ4n) is 2.53. The zero-order valence-electron chi connectivity index (χ0n) is 16.0. The summed E-state index contributed by atoms with van der Waals surface area (Å²) in [5, 5.41) is 12.2. The van der Waals surface area contributed by atoms with Crippen molar-refractivity contribution in [2.75, 3.05) is 26.1 Å². The van der Waals surface area contributed by atoms with Crippen molar-refractivity contribution in [3.05, 3.63) is 52.0 Å². The number of H-pyrrole nitrogens is 1. The second-order valence-electron chi connectivity index (χ2n) is 5.93. The summed E-state index contributed by atoms with van der Waals surface area (Å²) in [6.07, 6.45) is 0. The van der Waals surface area contributed by atoms with Crippen molar-refractivity contribution in [1.29, 1.82) is 0 Å². The molecule has 2 aromatic carbocycles. The van der Waals surface area contributed by atoms with Gasteiger partial charge in [-0.3, -0.25) is 20.0 Å². The molecular weight excluding hydrogens is 433 g/mol. The molecular formula is C19H17Cl2N5O4. The number of halogens is 2. The SMILES string of the molecule is COc1ccc(-c2nc(NC(=O)CNC(=O)c3ccc(Cl)cc3Cl)n[nH]2)c(OC)c1. The van der Waals surface area contributed by atoms with Gasteiger partial charge in [0.2, 0.25) is 11.9 Å². The molecule has 0 atom stereocenters. The van der Waals surface area contributed by atoms with E-state index in [0.717, 1.165) is 0 Å². The molecule has 0 spiro atoms. The Morgan fingerprint density at radius 1 is 1.10 bits per heavy atom. The molecule has 0 saturated carbocycles. The van der Waals surface area contributed by atoms with Crippen LogP contribution < -0.4 is 20.1 Å². The second-order valence-corrected chi connectivity index (χ2v) is 6.77. The monoisotopic (exact) mass is 449 g/mol. The molecule has 1 heterocycles. The highest BCUT2D eigenvalue weighted by Crippen LogP contribution is 2.31. The van der Waals surface area contributed by atoms with Crippen molar-refractivity contribution < 1.29 is 19.1 Å². The topological polar surface area (TPSA) is 118 Å². The fourth-order valence-corrected chi connectivity index (χ4v) is 3.02. The van der Waals surface area contributed by atoms with Gasteiger partial charge in [-0.05, 0) is 30.3 Å². The molecule has 0 aliphatic rings. The minimum Gasteiger partial charge on any atom is -0.497 e. The van der Waals surface area contributed by atoms with Crippen LogP contribution in [-0.2, 0) is 4.79 Å². The summed E-state index contributed by atoms with van der Waals surface area (Å²) < 4.78 is 10.5. The summed E-state index contributed by atoms with van der Waals surface area (Å²) in [7, 11) is 3.07. The Balaban J connectivity index is 1.62. The quantitative estimate of drug-likeness (QED) is 0.509. The number of nitrogens with zero attached hydrogens (tertiary/aromatic N) is 2. The lowest BCUT2D eigenvalue weighted by atomic mass is 10.2. The van der Waals surface area contributed by atoms with Crippen LogP contribution in [0, 0.1) is 0 Å². The molecule has 0 aliphatic carbocycles. The Hall–Kier alpha value is -3.30. The third kappa shape index (κ3) is 5.00. The summed E-state index contributed by atoms with van der Waals surface area (Å²) in [5.74, 6) is 0.565. The molecule has 30 heavy (non-hydrogen) atoms. The third-order valence-corrected chi connectivity index (χ3v) is 4.53. The molecule has 1 aromatic heterocycles. The van der Waals surface area contributed by atoms with E-state index in [9.17, 15) is 9.59 Å². The van der Waals surface area contributed by atoms with E-state index in [0.29, 0.717) is 27.9 Å². The maximum atomic E-state index is 12.2. The van der Waals surface area contributed by atoms with Crippen LogP contribution in [0.3, 0.4) is 0 Å². The minimum absolute atomic E-state index is 0.0478. The number of methoxy groups -OCH3 is 2. The van der Waals surface area contributed by atoms with Gasteiger partial charge in [0.15, 0.2) is 5.82 Å². The molecule has 0 aliphatic heterocycles. The summed E-state index contributed by atoms with van der Waals surface area (Å²) in [6, 6.07) is 9.65. The van der Waals surface area contributed by atoms with E-state index in [-0.39, 0.29) is 23.1 Å². The van der Waals surface area contributed by atoms with Crippen LogP contribution in [0.2, 0.25) is 10.0 Å². The van der Waals surface area contributed by atoms with Gasteiger partial charge in [0.25, 0.3) is 5.91 Å². The number of nitrogens with one attached hydrogen (secondary N) is 3. The minimum atomic E-state index is -0.513. The number of carbonyl (C=O) groups is 2. The first-order chi connectivity index (χ1) is 14.4. The molecule has 0 saturated heterocycles. The lowest BCUT2D eigenvalue weighted by Gasteiger charge is -2.08. The van der Waals surface area contributed by atoms with E-state index in [1.165, 1.54) is 25.3 Å². The molecule has 2 amide bonds. The van der Waals surface area contributed by atoms with Crippen LogP contribution in [0.15, 0.2) is 36.4 Å². The number of amides is 2.